The van der Waals surface area contributed by atoms with E-state index in [-0.39, 0.29) is 11.9 Å². The molecule has 0 fully saturated rings. The van der Waals surface area contributed by atoms with Crippen LogP contribution in [0.15, 0.2) is 30.3 Å². The van der Waals surface area contributed by atoms with Crippen LogP contribution in [0.2, 0.25) is 0 Å². The molecule has 0 unspecified atom stereocenters. The van der Waals surface area contributed by atoms with E-state index in [0.29, 0.717) is 12.5 Å². The van der Waals surface area contributed by atoms with Gasteiger partial charge < -0.3 is 16.4 Å². The zero-order valence-electron chi connectivity index (χ0n) is 11.9. The lowest BCUT2D eigenvalue weighted by Gasteiger charge is -2.14. The van der Waals surface area contributed by atoms with Crippen molar-refractivity contribution < 1.29 is 4.79 Å². The average molecular weight is 263 g/mol. The van der Waals surface area contributed by atoms with Crippen molar-refractivity contribution in [2.75, 3.05) is 18.4 Å². The topological polar surface area (TPSA) is 67.2 Å². The van der Waals surface area contributed by atoms with Gasteiger partial charge in [0.25, 0.3) is 0 Å². The molecule has 0 aliphatic heterocycles. The predicted molar refractivity (Wildman–Crippen MR) is 80.0 cm³/mol. The monoisotopic (exact) mass is 263 g/mol. The second kappa shape index (κ2) is 8.53. The highest BCUT2D eigenvalue weighted by molar-refractivity contribution is 5.81. The van der Waals surface area contributed by atoms with Crippen LogP contribution in [-0.4, -0.2) is 25.0 Å². The minimum absolute atomic E-state index is 0.0478. The van der Waals surface area contributed by atoms with E-state index >= 15 is 0 Å². The maximum atomic E-state index is 11.7. The Hall–Kier alpha value is -1.55. The summed E-state index contributed by atoms with van der Waals surface area (Å²) in [4.78, 5) is 11.7. The van der Waals surface area contributed by atoms with Gasteiger partial charge in [-0.05, 0) is 30.9 Å². The molecule has 4 heteroatoms. The second-order valence-corrected chi connectivity index (χ2v) is 5.17. The number of carbonyl (C=O) groups excluding carboxylic acids is 1. The number of nitrogens with two attached hydrogens (primary N) is 1. The van der Waals surface area contributed by atoms with Gasteiger partial charge in [-0.2, -0.15) is 0 Å². The third-order valence-corrected chi connectivity index (χ3v) is 2.82. The maximum Gasteiger partial charge on any atom is 0.236 e. The fourth-order valence-corrected chi connectivity index (χ4v) is 1.83. The summed E-state index contributed by atoms with van der Waals surface area (Å²) in [5.74, 6) is 0.397. The van der Waals surface area contributed by atoms with E-state index < -0.39 is 0 Å². The van der Waals surface area contributed by atoms with Crippen LogP contribution in [0.4, 0.5) is 5.69 Å². The summed E-state index contributed by atoms with van der Waals surface area (Å²) in [5, 5.41) is 6.17. The number of para-hydroxylation sites is 1. The number of anilines is 1. The minimum atomic E-state index is -0.387. The van der Waals surface area contributed by atoms with Gasteiger partial charge in [0.1, 0.15) is 0 Å². The van der Waals surface area contributed by atoms with Crippen LogP contribution in [0, 0.1) is 5.92 Å². The van der Waals surface area contributed by atoms with Crippen LogP contribution in [0.5, 0.6) is 0 Å². The molecular weight excluding hydrogens is 238 g/mol. The molecule has 1 amide bonds. The van der Waals surface area contributed by atoms with Crippen LogP contribution < -0.4 is 16.4 Å². The molecule has 0 aliphatic rings. The van der Waals surface area contributed by atoms with Gasteiger partial charge in [-0.1, -0.05) is 32.0 Å². The van der Waals surface area contributed by atoms with Crippen molar-refractivity contribution >= 4 is 11.6 Å². The molecule has 0 spiro atoms. The molecule has 1 rings (SSSR count). The number of nitrogens with one attached hydrogen (secondary N) is 2. The lowest BCUT2D eigenvalue weighted by atomic mass is 10.0. The van der Waals surface area contributed by atoms with Crippen molar-refractivity contribution in [3.05, 3.63) is 30.3 Å². The molecule has 1 atom stereocenters. The Morgan fingerprint density at radius 2 is 1.89 bits per heavy atom. The van der Waals surface area contributed by atoms with Gasteiger partial charge in [0.05, 0.1) is 6.04 Å². The van der Waals surface area contributed by atoms with Crippen LogP contribution in [0.3, 0.4) is 0 Å². The molecule has 0 heterocycles. The Morgan fingerprint density at radius 3 is 2.53 bits per heavy atom. The van der Waals surface area contributed by atoms with Gasteiger partial charge in [-0.3, -0.25) is 4.79 Å². The maximum absolute atomic E-state index is 11.7. The SMILES string of the molecule is CC(C)C[C@H](N)C(=O)NCCCNc1ccccc1. The number of hydrogen-bond donors (Lipinski definition) is 3. The normalized spacial score (nSPS) is 12.2. The Balaban J connectivity index is 2.09. The molecule has 19 heavy (non-hydrogen) atoms. The number of rotatable bonds is 8. The highest BCUT2D eigenvalue weighted by Gasteiger charge is 2.13. The Morgan fingerprint density at radius 1 is 1.21 bits per heavy atom. The number of carbonyl (C=O) groups is 1. The Kier molecular flexibility index (Phi) is 6.97. The van der Waals surface area contributed by atoms with E-state index in [9.17, 15) is 4.79 Å². The summed E-state index contributed by atoms with van der Waals surface area (Å²) in [5.41, 5.74) is 6.90. The molecule has 4 N–H and O–H groups in total. The first-order valence-corrected chi connectivity index (χ1v) is 6.92. The van der Waals surface area contributed by atoms with Crippen molar-refractivity contribution in [2.45, 2.75) is 32.7 Å². The van der Waals surface area contributed by atoms with Crippen molar-refractivity contribution in [2.24, 2.45) is 11.7 Å². The highest BCUT2D eigenvalue weighted by Crippen LogP contribution is 2.04. The summed E-state index contributed by atoms with van der Waals surface area (Å²) in [7, 11) is 0. The lowest BCUT2D eigenvalue weighted by molar-refractivity contribution is -0.122. The molecule has 106 valence electrons. The van der Waals surface area contributed by atoms with E-state index in [1.807, 2.05) is 30.3 Å². The highest BCUT2D eigenvalue weighted by atomic mass is 16.2. The molecule has 0 aliphatic carbocycles. The third kappa shape index (κ3) is 6.82. The van der Waals surface area contributed by atoms with Crippen LogP contribution in [0.1, 0.15) is 26.7 Å². The van der Waals surface area contributed by atoms with Crippen molar-refractivity contribution in [3.8, 4) is 0 Å². The first-order chi connectivity index (χ1) is 9.09. The Bertz CT molecular complexity index is 365. The quantitative estimate of drug-likeness (QED) is 0.628. The fraction of sp³-hybridized carbons (Fsp3) is 0.533. The second-order valence-electron chi connectivity index (χ2n) is 5.17. The Labute approximate surface area is 115 Å². The molecule has 1 aromatic rings. The molecule has 1 aromatic carbocycles. The van der Waals surface area contributed by atoms with E-state index in [2.05, 4.69) is 24.5 Å². The first kappa shape index (κ1) is 15.5. The van der Waals surface area contributed by atoms with Crippen LogP contribution in [-0.2, 0) is 4.79 Å². The zero-order chi connectivity index (χ0) is 14.1. The van der Waals surface area contributed by atoms with Crippen LogP contribution in [0.25, 0.3) is 0 Å². The minimum Gasteiger partial charge on any atom is -0.385 e. The predicted octanol–water partition coefficient (Wildman–Crippen LogP) is 1.98. The standard InChI is InChI=1S/C15H25N3O/c1-12(2)11-14(16)15(19)18-10-6-9-17-13-7-4-3-5-8-13/h3-5,7-8,12,14,17H,6,9-11,16H2,1-2H3,(H,18,19)/t14-/m0/s1. The van der Waals surface area contributed by atoms with Gasteiger partial charge in [0.15, 0.2) is 0 Å². The van der Waals surface area contributed by atoms with E-state index in [4.69, 9.17) is 5.73 Å². The van der Waals surface area contributed by atoms with Crippen LogP contribution >= 0.6 is 0 Å². The van der Waals surface area contributed by atoms with Gasteiger partial charge in [-0.15, -0.1) is 0 Å². The fourth-order valence-electron chi connectivity index (χ4n) is 1.83. The summed E-state index contributed by atoms with van der Waals surface area (Å²) >= 11 is 0. The van der Waals surface area contributed by atoms with E-state index in [0.717, 1.165) is 25.1 Å². The summed E-state index contributed by atoms with van der Waals surface area (Å²) in [6.45, 7) is 5.63. The number of hydrogen-bond acceptors (Lipinski definition) is 3. The van der Waals surface area contributed by atoms with Crippen molar-refractivity contribution in [1.29, 1.82) is 0 Å². The lowest BCUT2D eigenvalue weighted by Crippen LogP contribution is -2.41. The largest absolute Gasteiger partial charge is 0.385 e. The number of benzene rings is 1. The molecule has 0 bridgehead atoms. The van der Waals surface area contributed by atoms with Gasteiger partial charge >= 0.3 is 0 Å². The summed E-state index contributed by atoms with van der Waals surface area (Å²) in [6.07, 6.45) is 1.61. The van der Waals surface area contributed by atoms with Gasteiger partial charge in [0, 0.05) is 18.8 Å². The van der Waals surface area contributed by atoms with E-state index in [1.54, 1.807) is 0 Å². The molecule has 0 aromatic heterocycles. The number of amides is 1. The third-order valence-electron chi connectivity index (χ3n) is 2.82. The first-order valence-electron chi connectivity index (χ1n) is 6.92. The van der Waals surface area contributed by atoms with Gasteiger partial charge in [0.2, 0.25) is 5.91 Å². The van der Waals surface area contributed by atoms with Crippen molar-refractivity contribution in [1.82, 2.24) is 5.32 Å². The zero-order valence-corrected chi connectivity index (χ0v) is 11.9. The molecule has 0 saturated carbocycles. The van der Waals surface area contributed by atoms with Gasteiger partial charge in [-0.25, -0.2) is 0 Å². The molecular formula is C15H25N3O. The molecule has 4 nitrogen and oxygen atoms in total. The van der Waals surface area contributed by atoms with Crippen molar-refractivity contribution in [3.63, 3.8) is 0 Å². The molecule has 0 saturated heterocycles. The summed E-state index contributed by atoms with van der Waals surface area (Å²) in [6, 6.07) is 9.64. The van der Waals surface area contributed by atoms with E-state index in [1.165, 1.54) is 0 Å². The average Bonchev–Trinajstić information content (AvgIpc) is 2.38. The smallest absolute Gasteiger partial charge is 0.236 e. The summed E-state index contributed by atoms with van der Waals surface area (Å²) < 4.78 is 0. The molecule has 0 radical (unpaired) electrons.